The summed E-state index contributed by atoms with van der Waals surface area (Å²) in [5.41, 5.74) is 1.18. The first-order valence-corrected chi connectivity index (χ1v) is 4.70. The average Bonchev–Trinajstić information content (AvgIpc) is 2.15. The molecule has 1 rings (SSSR count). The largest absolute Gasteiger partial charge is 0.481 e. The molecule has 62 valence electrons. The molecule has 12 heavy (non-hydrogen) atoms. The van der Waals surface area contributed by atoms with Gasteiger partial charge in [0.05, 0.1) is 0 Å². The van der Waals surface area contributed by atoms with Gasteiger partial charge in [-0.25, -0.2) is 0 Å². The Labute approximate surface area is 80.9 Å². The summed E-state index contributed by atoms with van der Waals surface area (Å²) < 4.78 is 5.24. The maximum absolute atomic E-state index is 5.24. The molecule has 0 aliphatic heterocycles. The van der Waals surface area contributed by atoms with Crippen molar-refractivity contribution in [1.82, 2.24) is 0 Å². The van der Waals surface area contributed by atoms with Crippen molar-refractivity contribution in [2.45, 2.75) is 5.33 Å². The molecule has 0 fully saturated rings. The van der Waals surface area contributed by atoms with Crippen LogP contribution in [0.3, 0.4) is 0 Å². The molecule has 0 spiro atoms. The van der Waals surface area contributed by atoms with Gasteiger partial charge in [-0.2, -0.15) is 0 Å². The number of hydrogen-bond donors (Lipinski definition) is 0. The summed E-state index contributed by atoms with van der Waals surface area (Å²) in [5, 5.41) is 0.834. The Bertz CT molecular complexity index is 288. The Hall–Kier alpha value is -0.940. The first-order chi connectivity index (χ1) is 5.86. The Balaban J connectivity index is 2.67. The molecule has 0 aliphatic rings. The zero-order chi connectivity index (χ0) is 8.81. The first-order valence-electron chi connectivity index (χ1n) is 3.58. The third-order valence-electron chi connectivity index (χ3n) is 1.37. The molecule has 0 N–H and O–H groups in total. The van der Waals surface area contributed by atoms with Gasteiger partial charge in [0, 0.05) is 5.33 Å². The normalized spacial score (nSPS) is 9.00. The average molecular weight is 225 g/mol. The van der Waals surface area contributed by atoms with Crippen LogP contribution < -0.4 is 4.74 Å². The van der Waals surface area contributed by atoms with Gasteiger partial charge in [-0.3, -0.25) is 0 Å². The SMILES string of the molecule is C#CCOc1cccc(CBr)c1. The third kappa shape index (κ3) is 2.60. The molecular weight excluding hydrogens is 216 g/mol. The lowest BCUT2D eigenvalue weighted by molar-refractivity contribution is 0.370. The second-order valence-electron chi connectivity index (χ2n) is 2.27. The van der Waals surface area contributed by atoms with Gasteiger partial charge in [0.2, 0.25) is 0 Å². The fraction of sp³-hybridized carbons (Fsp3) is 0.200. The van der Waals surface area contributed by atoms with Crippen LogP contribution in [0.15, 0.2) is 24.3 Å². The highest BCUT2D eigenvalue weighted by Crippen LogP contribution is 2.14. The fourth-order valence-electron chi connectivity index (χ4n) is 0.843. The molecular formula is C10H9BrO. The first kappa shape index (κ1) is 9.15. The molecule has 0 aliphatic carbocycles. The van der Waals surface area contributed by atoms with Gasteiger partial charge in [0.25, 0.3) is 0 Å². The number of rotatable bonds is 3. The van der Waals surface area contributed by atoms with Gasteiger partial charge in [-0.1, -0.05) is 34.0 Å². The van der Waals surface area contributed by atoms with Crippen molar-refractivity contribution in [3.63, 3.8) is 0 Å². The molecule has 0 radical (unpaired) electrons. The molecule has 0 aromatic heterocycles. The molecule has 0 saturated heterocycles. The van der Waals surface area contributed by atoms with Gasteiger partial charge in [0.1, 0.15) is 12.4 Å². The molecule has 1 nitrogen and oxygen atoms in total. The lowest BCUT2D eigenvalue weighted by atomic mass is 10.2. The topological polar surface area (TPSA) is 9.23 Å². The van der Waals surface area contributed by atoms with E-state index in [0.717, 1.165) is 11.1 Å². The molecule has 0 saturated carbocycles. The molecule has 1 aromatic carbocycles. The minimum absolute atomic E-state index is 0.325. The minimum Gasteiger partial charge on any atom is -0.481 e. The van der Waals surface area contributed by atoms with Crippen molar-refractivity contribution >= 4 is 15.9 Å². The lowest BCUT2D eigenvalue weighted by Gasteiger charge is -2.02. The van der Waals surface area contributed by atoms with Crippen molar-refractivity contribution in [2.75, 3.05) is 6.61 Å². The number of terminal acetylenes is 1. The maximum atomic E-state index is 5.24. The summed E-state index contributed by atoms with van der Waals surface area (Å²) in [6.45, 7) is 0.325. The van der Waals surface area contributed by atoms with E-state index >= 15 is 0 Å². The summed E-state index contributed by atoms with van der Waals surface area (Å²) in [5.74, 6) is 3.24. The van der Waals surface area contributed by atoms with E-state index in [1.165, 1.54) is 5.56 Å². The van der Waals surface area contributed by atoms with Crippen LogP contribution in [0.2, 0.25) is 0 Å². The summed E-state index contributed by atoms with van der Waals surface area (Å²) in [4.78, 5) is 0. The highest BCUT2D eigenvalue weighted by molar-refractivity contribution is 9.08. The molecule has 0 amide bonds. The van der Waals surface area contributed by atoms with E-state index in [1.54, 1.807) is 0 Å². The standard InChI is InChI=1S/C10H9BrO/c1-2-6-12-10-5-3-4-9(7-10)8-11/h1,3-5,7H,6,8H2. The van der Waals surface area contributed by atoms with Crippen molar-refractivity contribution in [1.29, 1.82) is 0 Å². The molecule has 0 bridgehead atoms. The number of halogens is 1. The summed E-state index contributed by atoms with van der Waals surface area (Å²) >= 11 is 3.36. The number of alkyl halides is 1. The van der Waals surface area contributed by atoms with Gasteiger partial charge >= 0.3 is 0 Å². The summed E-state index contributed by atoms with van der Waals surface area (Å²) in [6.07, 6.45) is 5.06. The zero-order valence-electron chi connectivity index (χ0n) is 6.59. The van der Waals surface area contributed by atoms with Crippen LogP contribution in [-0.2, 0) is 5.33 Å². The number of benzene rings is 1. The second-order valence-corrected chi connectivity index (χ2v) is 2.83. The van der Waals surface area contributed by atoms with E-state index in [9.17, 15) is 0 Å². The van der Waals surface area contributed by atoms with E-state index in [4.69, 9.17) is 11.2 Å². The maximum Gasteiger partial charge on any atom is 0.148 e. The summed E-state index contributed by atoms with van der Waals surface area (Å²) in [6, 6.07) is 7.83. The van der Waals surface area contributed by atoms with Crippen LogP contribution in [0.4, 0.5) is 0 Å². The van der Waals surface area contributed by atoms with Crippen LogP contribution in [0.25, 0.3) is 0 Å². The monoisotopic (exact) mass is 224 g/mol. The van der Waals surface area contributed by atoms with Gasteiger partial charge in [-0.05, 0) is 17.7 Å². The van der Waals surface area contributed by atoms with Crippen LogP contribution >= 0.6 is 15.9 Å². The van der Waals surface area contributed by atoms with Gasteiger partial charge in [-0.15, -0.1) is 6.42 Å². The van der Waals surface area contributed by atoms with E-state index in [0.29, 0.717) is 6.61 Å². The smallest absolute Gasteiger partial charge is 0.148 e. The third-order valence-corrected chi connectivity index (χ3v) is 2.02. The molecule has 1 aromatic rings. The number of hydrogen-bond acceptors (Lipinski definition) is 1. The van der Waals surface area contributed by atoms with Crippen molar-refractivity contribution in [3.8, 4) is 18.1 Å². The van der Waals surface area contributed by atoms with Crippen LogP contribution in [0.5, 0.6) is 5.75 Å². The van der Waals surface area contributed by atoms with Crippen LogP contribution in [0, 0.1) is 12.3 Å². The van der Waals surface area contributed by atoms with Crippen molar-refractivity contribution in [3.05, 3.63) is 29.8 Å². The van der Waals surface area contributed by atoms with E-state index < -0.39 is 0 Å². The molecule has 0 heterocycles. The highest BCUT2D eigenvalue weighted by Gasteiger charge is 1.93. The molecule has 2 heteroatoms. The van der Waals surface area contributed by atoms with Gasteiger partial charge in [0.15, 0.2) is 0 Å². The predicted octanol–water partition coefficient (Wildman–Crippen LogP) is 2.59. The van der Waals surface area contributed by atoms with E-state index in [2.05, 4.69) is 21.9 Å². The van der Waals surface area contributed by atoms with Gasteiger partial charge < -0.3 is 4.74 Å². The van der Waals surface area contributed by atoms with Crippen molar-refractivity contribution in [2.24, 2.45) is 0 Å². The lowest BCUT2D eigenvalue weighted by Crippen LogP contribution is -1.93. The quantitative estimate of drug-likeness (QED) is 0.567. The van der Waals surface area contributed by atoms with Crippen molar-refractivity contribution < 1.29 is 4.74 Å². The van der Waals surface area contributed by atoms with Crippen LogP contribution in [0.1, 0.15) is 5.56 Å². The molecule has 0 unspecified atom stereocenters. The minimum atomic E-state index is 0.325. The predicted molar refractivity (Wildman–Crippen MR) is 53.4 cm³/mol. The van der Waals surface area contributed by atoms with E-state index in [-0.39, 0.29) is 0 Å². The fourth-order valence-corrected chi connectivity index (χ4v) is 1.19. The van der Waals surface area contributed by atoms with Crippen LogP contribution in [-0.4, -0.2) is 6.61 Å². The molecule has 0 atom stereocenters. The second kappa shape index (κ2) is 4.84. The number of ether oxygens (including phenoxy) is 1. The summed E-state index contributed by atoms with van der Waals surface area (Å²) in [7, 11) is 0. The van der Waals surface area contributed by atoms with E-state index in [1.807, 2.05) is 24.3 Å². The zero-order valence-corrected chi connectivity index (χ0v) is 8.17. The highest BCUT2D eigenvalue weighted by atomic mass is 79.9. The Morgan fingerprint density at radius 3 is 3.00 bits per heavy atom. The Morgan fingerprint density at radius 2 is 2.33 bits per heavy atom. The Morgan fingerprint density at radius 1 is 1.50 bits per heavy atom. The Kier molecular flexibility index (Phi) is 3.69.